The van der Waals surface area contributed by atoms with Crippen LogP contribution in [-0.4, -0.2) is 29.2 Å². The summed E-state index contributed by atoms with van der Waals surface area (Å²) in [4.78, 5) is 4.23. The third-order valence-corrected chi connectivity index (χ3v) is 2.68. The summed E-state index contributed by atoms with van der Waals surface area (Å²) < 4.78 is 11.0. The molecule has 0 saturated heterocycles. The number of rotatable bonds is 6. The summed E-state index contributed by atoms with van der Waals surface area (Å²) in [5.41, 5.74) is 6.83. The lowest BCUT2D eigenvalue weighted by atomic mass is 10.2. The van der Waals surface area contributed by atoms with Crippen molar-refractivity contribution >= 4 is 5.84 Å². The van der Waals surface area contributed by atoms with Gasteiger partial charge in [0.1, 0.15) is 19.0 Å². The molecule has 2 rings (SSSR count). The summed E-state index contributed by atoms with van der Waals surface area (Å²) in [6.45, 7) is 2.56. The van der Waals surface area contributed by atoms with E-state index in [1.165, 1.54) is 0 Å². The zero-order valence-corrected chi connectivity index (χ0v) is 11.7. The van der Waals surface area contributed by atoms with E-state index >= 15 is 0 Å². The van der Waals surface area contributed by atoms with E-state index < -0.39 is 0 Å². The monoisotopic (exact) mass is 287 g/mol. The van der Waals surface area contributed by atoms with Gasteiger partial charge in [-0.3, -0.25) is 0 Å². The zero-order chi connectivity index (χ0) is 15.1. The Bertz CT molecular complexity index is 615. The molecule has 0 aliphatic rings. The minimum absolute atomic E-state index is 0.0193. The number of aromatic nitrogens is 1. The molecule has 6 heteroatoms. The average Bonchev–Trinajstić information content (AvgIpc) is 2.51. The summed E-state index contributed by atoms with van der Waals surface area (Å²) in [7, 11) is 0. The molecule has 0 saturated carbocycles. The van der Waals surface area contributed by atoms with Gasteiger partial charge in [0.2, 0.25) is 5.88 Å². The topological polar surface area (TPSA) is 90.0 Å². The van der Waals surface area contributed by atoms with Gasteiger partial charge in [0, 0.05) is 17.3 Å². The Morgan fingerprint density at radius 2 is 1.90 bits per heavy atom. The van der Waals surface area contributed by atoms with Crippen LogP contribution in [-0.2, 0) is 0 Å². The first-order valence-corrected chi connectivity index (χ1v) is 6.46. The second-order valence-corrected chi connectivity index (χ2v) is 4.33. The van der Waals surface area contributed by atoms with Crippen LogP contribution in [0.5, 0.6) is 11.6 Å². The van der Waals surface area contributed by atoms with E-state index in [4.69, 9.17) is 20.4 Å². The van der Waals surface area contributed by atoms with Gasteiger partial charge >= 0.3 is 0 Å². The van der Waals surface area contributed by atoms with Crippen molar-refractivity contribution in [1.29, 1.82) is 0 Å². The van der Waals surface area contributed by atoms with Gasteiger partial charge in [-0.25, -0.2) is 4.98 Å². The Kier molecular flexibility index (Phi) is 4.98. The molecule has 2 aromatic rings. The van der Waals surface area contributed by atoms with E-state index in [1.54, 1.807) is 12.1 Å². The molecular formula is C15H17N3O3. The Labute approximate surface area is 122 Å². The number of para-hydroxylation sites is 1. The smallest absolute Gasteiger partial charge is 0.214 e. The summed E-state index contributed by atoms with van der Waals surface area (Å²) >= 11 is 0. The van der Waals surface area contributed by atoms with Crippen LogP contribution in [0.2, 0.25) is 0 Å². The quantitative estimate of drug-likeness (QED) is 0.278. The van der Waals surface area contributed by atoms with Crippen LogP contribution in [0.15, 0.2) is 47.6 Å². The maximum atomic E-state index is 8.69. The van der Waals surface area contributed by atoms with Crippen molar-refractivity contribution in [3.05, 3.63) is 53.7 Å². The van der Waals surface area contributed by atoms with E-state index in [1.807, 2.05) is 37.3 Å². The predicted octanol–water partition coefficient (Wildman–Crippen LogP) is 1.94. The highest BCUT2D eigenvalue weighted by Crippen LogP contribution is 2.13. The SMILES string of the molecule is Cc1cc(/C(N)=N/O)cc(OCCOc2ccccc2)n1. The lowest BCUT2D eigenvalue weighted by Gasteiger charge is -2.09. The standard InChI is InChI=1S/C15H17N3O3/c1-11-9-12(15(16)18-19)10-14(17-11)21-8-7-20-13-5-3-2-4-6-13/h2-6,9-10,19H,7-8H2,1H3,(H2,16,18). The molecule has 0 bridgehead atoms. The Morgan fingerprint density at radius 1 is 1.19 bits per heavy atom. The summed E-state index contributed by atoms with van der Waals surface area (Å²) in [5.74, 6) is 1.22. The zero-order valence-electron chi connectivity index (χ0n) is 11.7. The summed E-state index contributed by atoms with van der Waals surface area (Å²) in [5, 5.41) is 11.7. The minimum Gasteiger partial charge on any atom is -0.490 e. The highest BCUT2D eigenvalue weighted by Gasteiger charge is 2.05. The Morgan fingerprint density at radius 3 is 2.62 bits per heavy atom. The number of benzene rings is 1. The van der Waals surface area contributed by atoms with Crippen LogP contribution in [0, 0.1) is 6.92 Å². The number of nitrogens with two attached hydrogens (primary N) is 1. The molecule has 0 spiro atoms. The second kappa shape index (κ2) is 7.14. The van der Waals surface area contributed by atoms with Crippen LogP contribution in [0.25, 0.3) is 0 Å². The maximum absolute atomic E-state index is 8.69. The number of hydrogen-bond donors (Lipinski definition) is 2. The van der Waals surface area contributed by atoms with Gasteiger partial charge in [-0.1, -0.05) is 23.4 Å². The van der Waals surface area contributed by atoms with Gasteiger partial charge in [0.05, 0.1) is 0 Å². The van der Waals surface area contributed by atoms with Gasteiger partial charge in [-0.2, -0.15) is 0 Å². The molecule has 1 aromatic heterocycles. The van der Waals surface area contributed by atoms with Crippen LogP contribution >= 0.6 is 0 Å². The largest absolute Gasteiger partial charge is 0.490 e. The van der Waals surface area contributed by atoms with Crippen LogP contribution in [0.4, 0.5) is 0 Å². The van der Waals surface area contributed by atoms with E-state index in [0.29, 0.717) is 24.7 Å². The van der Waals surface area contributed by atoms with Crippen molar-refractivity contribution in [2.24, 2.45) is 10.9 Å². The van der Waals surface area contributed by atoms with Gasteiger partial charge in [0.25, 0.3) is 0 Å². The minimum atomic E-state index is 0.0193. The number of nitrogens with zero attached hydrogens (tertiary/aromatic N) is 2. The molecule has 0 unspecified atom stereocenters. The summed E-state index contributed by atoms with van der Waals surface area (Å²) in [6, 6.07) is 12.8. The van der Waals surface area contributed by atoms with Crippen LogP contribution in [0.3, 0.4) is 0 Å². The van der Waals surface area contributed by atoms with Gasteiger partial charge < -0.3 is 20.4 Å². The molecule has 0 atom stereocenters. The van der Waals surface area contributed by atoms with E-state index in [2.05, 4.69) is 10.1 Å². The average molecular weight is 287 g/mol. The van der Waals surface area contributed by atoms with Crippen molar-refractivity contribution in [2.75, 3.05) is 13.2 Å². The third kappa shape index (κ3) is 4.38. The highest BCUT2D eigenvalue weighted by molar-refractivity contribution is 5.97. The molecule has 0 radical (unpaired) electrons. The first-order valence-electron chi connectivity index (χ1n) is 6.46. The molecule has 0 aliphatic heterocycles. The number of aryl methyl sites for hydroxylation is 1. The number of amidine groups is 1. The fraction of sp³-hybridized carbons (Fsp3) is 0.200. The van der Waals surface area contributed by atoms with E-state index in [9.17, 15) is 0 Å². The van der Waals surface area contributed by atoms with Crippen molar-refractivity contribution in [3.63, 3.8) is 0 Å². The van der Waals surface area contributed by atoms with Crippen LogP contribution < -0.4 is 15.2 Å². The van der Waals surface area contributed by atoms with E-state index in [-0.39, 0.29) is 5.84 Å². The maximum Gasteiger partial charge on any atom is 0.214 e. The Hall–Kier alpha value is -2.76. The third-order valence-electron chi connectivity index (χ3n) is 2.68. The molecule has 1 heterocycles. The summed E-state index contributed by atoms with van der Waals surface area (Å²) in [6.07, 6.45) is 0. The Balaban J connectivity index is 1.90. The van der Waals surface area contributed by atoms with Crippen molar-refractivity contribution in [1.82, 2.24) is 4.98 Å². The molecule has 0 amide bonds. The van der Waals surface area contributed by atoms with E-state index in [0.717, 1.165) is 11.4 Å². The fourth-order valence-corrected chi connectivity index (χ4v) is 1.74. The molecular weight excluding hydrogens is 270 g/mol. The number of ether oxygens (including phenoxy) is 2. The molecule has 3 N–H and O–H groups in total. The van der Waals surface area contributed by atoms with Gasteiger partial charge in [-0.15, -0.1) is 0 Å². The fourth-order valence-electron chi connectivity index (χ4n) is 1.74. The lowest BCUT2D eigenvalue weighted by Crippen LogP contribution is -2.15. The molecule has 0 aliphatic carbocycles. The van der Waals surface area contributed by atoms with Crippen molar-refractivity contribution in [3.8, 4) is 11.6 Å². The first kappa shape index (κ1) is 14.6. The number of hydrogen-bond acceptors (Lipinski definition) is 5. The highest BCUT2D eigenvalue weighted by atomic mass is 16.5. The number of oxime groups is 1. The van der Waals surface area contributed by atoms with Crippen LogP contribution in [0.1, 0.15) is 11.3 Å². The predicted molar refractivity (Wildman–Crippen MR) is 78.9 cm³/mol. The molecule has 110 valence electrons. The van der Waals surface area contributed by atoms with Crippen molar-refractivity contribution < 1.29 is 14.7 Å². The number of pyridine rings is 1. The lowest BCUT2D eigenvalue weighted by molar-refractivity contribution is 0.211. The van der Waals surface area contributed by atoms with Gasteiger partial charge in [0.15, 0.2) is 5.84 Å². The molecule has 1 aromatic carbocycles. The molecule has 21 heavy (non-hydrogen) atoms. The second-order valence-electron chi connectivity index (χ2n) is 4.33. The molecule has 6 nitrogen and oxygen atoms in total. The normalized spacial score (nSPS) is 11.2. The first-order chi connectivity index (χ1) is 10.2. The van der Waals surface area contributed by atoms with Gasteiger partial charge in [-0.05, 0) is 25.1 Å². The molecule has 0 fully saturated rings. The van der Waals surface area contributed by atoms with Crippen molar-refractivity contribution in [2.45, 2.75) is 6.92 Å².